The fourth-order valence-electron chi connectivity index (χ4n) is 1.15. The molecule has 0 saturated carbocycles. The zero-order chi connectivity index (χ0) is 10.4. The molecule has 0 aromatic rings. The summed E-state index contributed by atoms with van der Waals surface area (Å²) in [7, 11) is 0. The summed E-state index contributed by atoms with van der Waals surface area (Å²) in [6, 6.07) is 0. The smallest absolute Gasteiger partial charge is 0.158 e. The molecule has 0 N–H and O–H groups in total. The van der Waals surface area contributed by atoms with Crippen LogP contribution in [0, 0.1) is 12.3 Å². The molecule has 14 heavy (non-hydrogen) atoms. The Kier molecular flexibility index (Phi) is 4.12. The third kappa shape index (κ3) is 2.85. The van der Waals surface area contributed by atoms with Crippen LogP contribution in [-0.4, -0.2) is 13.2 Å². The Hall–Kier alpha value is -1.36. The summed E-state index contributed by atoms with van der Waals surface area (Å²) in [6.07, 6.45) is 8.76. The van der Waals surface area contributed by atoms with E-state index in [9.17, 15) is 0 Å². The number of rotatable bonds is 3. The minimum absolute atomic E-state index is 0.503. The van der Waals surface area contributed by atoms with Crippen LogP contribution in [0.4, 0.5) is 0 Å². The first-order valence-corrected chi connectivity index (χ1v) is 4.87. The molecule has 0 fully saturated rings. The van der Waals surface area contributed by atoms with Crippen molar-refractivity contribution in [3.05, 3.63) is 23.2 Å². The molecule has 0 radical (unpaired) electrons. The molecule has 0 amide bonds. The summed E-state index contributed by atoms with van der Waals surface area (Å²) in [5.74, 6) is 4.15. The minimum atomic E-state index is 0.503. The minimum Gasteiger partial charge on any atom is -0.489 e. The van der Waals surface area contributed by atoms with Crippen molar-refractivity contribution in [3.63, 3.8) is 0 Å². The first kappa shape index (κ1) is 10.7. The Morgan fingerprint density at radius 1 is 1.50 bits per heavy atom. The van der Waals surface area contributed by atoms with Gasteiger partial charge in [0.15, 0.2) is 5.76 Å². The van der Waals surface area contributed by atoms with Crippen LogP contribution >= 0.6 is 0 Å². The predicted octanol–water partition coefficient (Wildman–Crippen LogP) is 2.62. The SMILES string of the molecule is C#CCC1=C(/C=C(\C)CC)OCCO1. The summed E-state index contributed by atoms with van der Waals surface area (Å²) in [5.41, 5.74) is 1.26. The zero-order valence-electron chi connectivity index (χ0n) is 8.80. The third-order valence-corrected chi connectivity index (χ3v) is 2.09. The van der Waals surface area contributed by atoms with Crippen molar-refractivity contribution in [1.82, 2.24) is 0 Å². The van der Waals surface area contributed by atoms with E-state index < -0.39 is 0 Å². The number of allylic oxidation sites excluding steroid dienone is 3. The molecule has 0 atom stereocenters. The van der Waals surface area contributed by atoms with Crippen LogP contribution < -0.4 is 0 Å². The highest BCUT2D eigenvalue weighted by atomic mass is 16.6. The quantitative estimate of drug-likeness (QED) is 0.640. The molecule has 2 nitrogen and oxygen atoms in total. The van der Waals surface area contributed by atoms with E-state index in [0.717, 1.165) is 17.9 Å². The molecule has 0 aliphatic carbocycles. The van der Waals surface area contributed by atoms with Crippen LogP contribution in [0.5, 0.6) is 0 Å². The lowest BCUT2D eigenvalue weighted by atomic mass is 10.2. The Morgan fingerprint density at radius 2 is 2.21 bits per heavy atom. The number of hydrogen-bond acceptors (Lipinski definition) is 2. The number of terminal acetylenes is 1. The molecule has 0 aromatic carbocycles. The Bertz CT molecular complexity index is 292. The maximum Gasteiger partial charge on any atom is 0.158 e. The van der Waals surface area contributed by atoms with Crippen molar-refractivity contribution in [2.24, 2.45) is 0 Å². The second-order valence-electron chi connectivity index (χ2n) is 3.21. The van der Waals surface area contributed by atoms with Gasteiger partial charge in [0.05, 0.1) is 6.42 Å². The molecule has 76 valence electrons. The van der Waals surface area contributed by atoms with E-state index >= 15 is 0 Å². The number of ether oxygens (including phenoxy) is 2. The fraction of sp³-hybridized carbons (Fsp3) is 0.500. The van der Waals surface area contributed by atoms with E-state index in [1.807, 2.05) is 6.08 Å². The normalized spacial score (nSPS) is 17.1. The highest BCUT2D eigenvalue weighted by Gasteiger charge is 2.12. The lowest BCUT2D eigenvalue weighted by Crippen LogP contribution is -2.13. The average molecular weight is 192 g/mol. The monoisotopic (exact) mass is 192 g/mol. The largest absolute Gasteiger partial charge is 0.489 e. The summed E-state index contributed by atoms with van der Waals surface area (Å²) in [4.78, 5) is 0. The molecular weight excluding hydrogens is 176 g/mol. The zero-order valence-corrected chi connectivity index (χ0v) is 8.80. The van der Waals surface area contributed by atoms with Gasteiger partial charge in [0.25, 0.3) is 0 Å². The van der Waals surface area contributed by atoms with E-state index in [1.165, 1.54) is 5.57 Å². The van der Waals surface area contributed by atoms with E-state index in [0.29, 0.717) is 19.6 Å². The molecule has 0 aromatic heterocycles. The second-order valence-corrected chi connectivity index (χ2v) is 3.21. The molecule has 1 heterocycles. The van der Waals surface area contributed by atoms with Gasteiger partial charge in [-0.05, 0) is 19.4 Å². The van der Waals surface area contributed by atoms with E-state index in [1.54, 1.807) is 0 Å². The van der Waals surface area contributed by atoms with Gasteiger partial charge in [-0.25, -0.2) is 0 Å². The lowest BCUT2D eigenvalue weighted by molar-refractivity contribution is 0.0676. The van der Waals surface area contributed by atoms with Gasteiger partial charge < -0.3 is 9.47 Å². The summed E-state index contributed by atoms with van der Waals surface area (Å²) in [5, 5.41) is 0. The fourth-order valence-corrected chi connectivity index (χ4v) is 1.15. The van der Waals surface area contributed by atoms with Crippen LogP contribution in [0.2, 0.25) is 0 Å². The molecule has 0 bridgehead atoms. The van der Waals surface area contributed by atoms with Gasteiger partial charge in [-0.3, -0.25) is 0 Å². The standard InChI is InChI=1S/C12H16O2/c1-4-6-11-12(9-10(3)5-2)14-8-7-13-11/h1,9H,5-8H2,2-3H3/b10-9+. The summed E-state index contributed by atoms with van der Waals surface area (Å²) >= 11 is 0. The van der Waals surface area contributed by atoms with Crippen LogP contribution in [0.15, 0.2) is 23.2 Å². The molecule has 0 saturated heterocycles. The van der Waals surface area contributed by atoms with Crippen molar-refractivity contribution in [3.8, 4) is 12.3 Å². The van der Waals surface area contributed by atoms with Gasteiger partial charge >= 0.3 is 0 Å². The first-order valence-electron chi connectivity index (χ1n) is 4.87. The predicted molar refractivity (Wildman–Crippen MR) is 56.4 cm³/mol. The lowest BCUT2D eigenvalue weighted by Gasteiger charge is -2.19. The van der Waals surface area contributed by atoms with Crippen molar-refractivity contribution in [2.75, 3.05) is 13.2 Å². The Morgan fingerprint density at radius 3 is 2.86 bits per heavy atom. The van der Waals surface area contributed by atoms with Gasteiger partial charge in [0, 0.05) is 0 Å². The highest BCUT2D eigenvalue weighted by Crippen LogP contribution is 2.19. The average Bonchev–Trinajstić information content (AvgIpc) is 2.21. The topological polar surface area (TPSA) is 18.5 Å². The summed E-state index contributed by atoms with van der Waals surface area (Å²) in [6.45, 7) is 5.38. The Labute approximate surface area is 85.6 Å². The Balaban J connectivity index is 2.84. The molecule has 0 spiro atoms. The van der Waals surface area contributed by atoms with Gasteiger partial charge in [0.2, 0.25) is 0 Å². The van der Waals surface area contributed by atoms with Gasteiger partial charge in [-0.1, -0.05) is 18.4 Å². The van der Waals surface area contributed by atoms with Crippen molar-refractivity contribution >= 4 is 0 Å². The van der Waals surface area contributed by atoms with Crippen LogP contribution in [-0.2, 0) is 9.47 Å². The van der Waals surface area contributed by atoms with Crippen molar-refractivity contribution in [2.45, 2.75) is 26.7 Å². The molecule has 0 unspecified atom stereocenters. The molecule has 2 heteroatoms. The van der Waals surface area contributed by atoms with Crippen LogP contribution in [0.3, 0.4) is 0 Å². The van der Waals surface area contributed by atoms with E-state index in [-0.39, 0.29) is 0 Å². The van der Waals surface area contributed by atoms with Crippen LogP contribution in [0.1, 0.15) is 26.7 Å². The molecule has 1 rings (SSSR count). The second kappa shape index (κ2) is 5.39. The van der Waals surface area contributed by atoms with Crippen molar-refractivity contribution < 1.29 is 9.47 Å². The van der Waals surface area contributed by atoms with Gasteiger partial charge in [-0.15, -0.1) is 6.42 Å². The number of hydrogen-bond donors (Lipinski definition) is 0. The maximum atomic E-state index is 5.50. The van der Waals surface area contributed by atoms with E-state index in [2.05, 4.69) is 19.8 Å². The van der Waals surface area contributed by atoms with Crippen molar-refractivity contribution in [1.29, 1.82) is 0 Å². The molecule has 1 aliphatic heterocycles. The van der Waals surface area contributed by atoms with Gasteiger partial charge in [-0.2, -0.15) is 0 Å². The van der Waals surface area contributed by atoms with Crippen LogP contribution in [0.25, 0.3) is 0 Å². The molecular formula is C12H16O2. The first-order chi connectivity index (χ1) is 6.77. The van der Waals surface area contributed by atoms with Gasteiger partial charge in [0.1, 0.15) is 19.0 Å². The molecule has 1 aliphatic rings. The third-order valence-electron chi connectivity index (χ3n) is 2.09. The summed E-state index contributed by atoms with van der Waals surface area (Å²) < 4.78 is 10.9. The highest BCUT2D eigenvalue weighted by molar-refractivity contribution is 5.23. The maximum absolute atomic E-state index is 5.50. The van der Waals surface area contributed by atoms with E-state index in [4.69, 9.17) is 15.9 Å².